The maximum atomic E-state index is 13.6. The molecule has 2 atom stereocenters. The van der Waals surface area contributed by atoms with Crippen molar-refractivity contribution in [2.24, 2.45) is 0 Å². The van der Waals surface area contributed by atoms with Gasteiger partial charge in [0.25, 0.3) is 5.91 Å². The number of nitrogens with one attached hydrogen (secondary N) is 1. The Bertz CT molecular complexity index is 991. The van der Waals surface area contributed by atoms with Gasteiger partial charge in [-0.25, -0.2) is 9.37 Å². The van der Waals surface area contributed by atoms with E-state index >= 15 is 0 Å². The number of carbonyl (C=O) groups is 1. The highest BCUT2D eigenvalue weighted by Crippen LogP contribution is 2.33. The van der Waals surface area contributed by atoms with Crippen LogP contribution in [-0.2, 0) is 0 Å². The second kappa shape index (κ2) is 8.62. The first-order valence-electron chi connectivity index (χ1n) is 10.3. The average Bonchev–Trinajstić information content (AvgIpc) is 3.16. The zero-order valence-electron chi connectivity index (χ0n) is 16.9. The predicted molar refractivity (Wildman–Crippen MR) is 117 cm³/mol. The van der Waals surface area contributed by atoms with Gasteiger partial charge in [-0.2, -0.15) is 0 Å². The van der Waals surface area contributed by atoms with E-state index in [0.29, 0.717) is 19.9 Å². The van der Waals surface area contributed by atoms with Crippen molar-refractivity contribution in [3.8, 4) is 0 Å². The molecule has 6 heteroatoms. The van der Waals surface area contributed by atoms with Crippen LogP contribution in [0.2, 0.25) is 0 Å². The smallest absolute Gasteiger partial charge is 0.251 e. The van der Waals surface area contributed by atoms with E-state index in [0.717, 1.165) is 42.5 Å². The summed E-state index contributed by atoms with van der Waals surface area (Å²) in [5.74, 6) is 0.0203. The van der Waals surface area contributed by atoms with Crippen molar-refractivity contribution < 1.29 is 9.18 Å². The van der Waals surface area contributed by atoms with Gasteiger partial charge >= 0.3 is 0 Å². The SMILES string of the molecule is Cc1ccc(C(=O)NC2CCC(Pc3cccc4nc(C(C)F)cn34)CC2)cc1. The number of fused-ring (bicyclic) bond motifs is 1. The molecule has 0 radical (unpaired) electrons. The molecule has 3 aromatic rings. The summed E-state index contributed by atoms with van der Waals surface area (Å²) in [6.07, 6.45) is 4.96. The van der Waals surface area contributed by atoms with Crippen molar-refractivity contribution in [3.63, 3.8) is 0 Å². The van der Waals surface area contributed by atoms with E-state index in [1.54, 1.807) is 0 Å². The molecule has 1 N–H and O–H groups in total. The maximum absolute atomic E-state index is 13.6. The van der Waals surface area contributed by atoms with E-state index in [2.05, 4.69) is 16.4 Å². The fourth-order valence-corrected chi connectivity index (χ4v) is 5.45. The summed E-state index contributed by atoms with van der Waals surface area (Å²) in [6.45, 7) is 3.54. The van der Waals surface area contributed by atoms with Gasteiger partial charge in [0.1, 0.15) is 11.8 Å². The number of carbonyl (C=O) groups excluding carboxylic acids is 1. The van der Waals surface area contributed by atoms with Crippen LogP contribution < -0.4 is 10.8 Å². The van der Waals surface area contributed by atoms with Crippen LogP contribution in [0.15, 0.2) is 48.7 Å². The predicted octanol–water partition coefficient (Wildman–Crippen LogP) is 4.72. The van der Waals surface area contributed by atoms with Crippen molar-refractivity contribution in [1.29, 1.82) is 0 Å². The minimum absolute atomic E-state index is 0.0203. The van der Waals surface area contributed by atoms with Crippen LogP contribution >= 0.6 is 8.58 Å². The van der Waals surface area contributed by atoms with E-state index in [9.17, 15) is 9.18 Å². The lowest BCUT2D eigenvalue weighted by Crippen LogP contribution is -2.38. The molecule has 1 amide bonds. The summed E-state index contributed by atoms with van der Waals surface area (Å²) >= 11 is 0. The molecule has 2 heterocycles. The molecule has 4 nitrogen and oxygen atoms in total. The van der Waals surface area contributed by atoms with E-state index in [-0.39, 0.29) is 11.9 Å². The second-order valence-corrected chi connectivity index (χ2v) is 9.57. The van der Waals surface area contributed by atoms with Crippen molar-refractivity contribution in [2.45, 2.75) is 57.4 Å². The lowest BCUT2D eigenvalue weighted by molar-refractivity contribution is 0.0928. The zero-order chi connectivity index (χ0) is 20.4. The quantitative estimate of drug-likeness (QED) is 0.618. The fraction of sp³-hybridized carbons (Fsp3) is 0.391. The maximum Gasteiger partial charge on any atom is 0.251 e. The van der Waals surface area contributed by atoms with Gasteiger partial charge in [0.05, 0.1) is 5.69 Å². The number of benzene rings is 1. The fourth-order valence-electron chi connectivity index (χ4n) is 3.90. The van der Waals surface area contributed by atoms with E-state index in [4.69, 9.17) is 0 Å². The summed E-state index contributed by atoms with van der Waals surface area (Å²) in [5.41, 5.74) is 4.99. The van der Waals surface area contributed by atoms with Crippen LogP contribution in [0.5, 0.6) is 0 Å². The summed E-state index contributed by atoms with van der Waals surface area (Å²) < 4.78 is 15.7. The van der Waals surface area contributed by atoms with Crippen LogP contribution in [0.1, 0.15) is 60.4 Å². The second-order valence-electron chi connectivity index (χ2n) is 7.95. The number of alkyl halides is 1. The molecule has 0 spiro atoms. The Hall–Kier alpha value is -2.26. The summed E-state index contributed by atoms with van der Waals surface area (Å²) in [5, 5.41) is 3.19. The molecule has 1 fully saturated rings. The van der Waals surface area contributed by atoms with Crippen molar-refractivity contribution in [3.05, 3.63) is 65.5 Å². The average molecular weight is 411 g/mol. The van der Waals surface area contributed by atoms with Gasteiger partial charge in [-0.1, -0.05) is 32.3 Å². The highest BCUT2D eigenvalue weighted by Gasteiger charge is 2.24. The normalized spacial score (nSPS) is 20.9. The Morgan fingerprint density at radius 3 is 2.59 bits per heavy atom. The highest BCUT2D eigenvalue weighted by atomic mass is 31.1. The summed E-state index contributed by atoms with van der Waals surface area (Å²) in [6, 6.07) is 14.0. The number of rotatable bonds is 5. The minimum Gasteiger partial charge on any atom is -0.349 e. The first-order valence-corrected chi connectivity index (χ1v) is 11.3. The van der Waals surface area contributed by atoms with E-state index in [1.165, 1.54) is 12.4 Å². The van der Waals surface area contributed by atoms with Crippen molar-refractivity contribution >= 4 is 25.6 Å². The standard InChI is InChI=1S/C23H27FN3OP/c1-15-6-8-17(9-7-15)23(28)25-18-10-12-19(13-11-18)29-22-5-3-4-21-26-20(16(2)24)14-27(21)22/h3-9,14,16,18-19,29H,10-13H2,1-2H3,(H,25,28). The number of halogens is 1. The molecule has 0 saturated heterocycles. The molecule has 0 aliphatic heterocycles. The third-order valence-electron chi connectivity index (χ3n) is 5.65. The van der Waals surface area contributed by atoms with Crippen LogP contribution in [-0.4, -0.2) is 27.0 Å². The van der Waals surface area contributed by atoms with Gasteiger partial charge in [0.2, 0.25) is 0 Å². The molecular formula is C23H27FN3OP. The van der Waals surface area contributed by atoms with Gasteiger partial charge < -0.3 is 5.32 Å². The number of pyridine rings is 1. The van der Waals surface area contributed by atoms with Crippen LogP contribution in [0.3, 0.4) is 0 Å². The molecule has 29 heavy (non-hydrogen) atoms. The number of imidazole rings is 1. The number of nitrogens with zero attached hydrogens (tertiary/aromatic N) is 2. The molecule has 1 saturated carbocycles. The van der Waals surface area contributed by atoms with Crippen LogP contribution in [0.25, 0.3) is 5.65 Å². The Morgan fingerprint density at radius 2 is 1.90 bits per heavy atom. The third kappa shape index (κ3) is 4.67. The van der Waals surface area contributed by atoms with E-state index in [1.807, 2.05) is 53.9 Å². The number of aromatic nitrogens is 2. The molecule has 0 bridgehead atoms. The van der Waals surface area contributed by atoms with Gasteiger partial charge in [-0.15, -0.1) is 0 Å². The lowest BCUT2D eigenvalue weighted by Gasteiger charge is -2.29. The van der Waals surface area contributed by atoms with Crippen LogP contribution in [0, 0.1) is 6.92 Å². The molecule has 1 aromatic carbocycles. The first-order chi connectivity index (χ1) is 14.0. The molecule has 1 aliphatic rings. The number of amides is 1. The number of hydrogen-bond acceptors (Lipinski definition) is 2. The Labute approximate surface area is 172 Å². The van der Waals surface area contributed by atoms with Crippen molar-refractivity contribution in [1.82, 2.24) is 14.7 Å². The highest BCUT2D eigenvalue weighted by molar-refractivity contribution is 7.47. The molecule has 4 rings (SSSR count). The molecule has 1 aliphatic carbocycles. The van der Waals surface area contributed by atoms with Gasteiger partial charge in [-0.05, 0) is 69.5 Å². The lowest BCUT2D eigenvalue weighted by atomic mass is 9.94. The largest absolute Gasteiger partial charge is 0.349 e. The van der Waals surface area contributed by atoms with E-state index < -0.39 is 6.17 Å². The molecule has 2 aromatic heterocycles. The zero-order valence-corrected chi connectivity index (χ0v) is 17.9. The van der Waals surface area contributed by atoms with Gasteiger partial charge in [-0.3, -0.25) is 9.20 Å². The number of hydrogen-bond donors (Lipinski definition) is 1. The molecular weight excluding hydrogens is 384 g/mol. The Morgan fingerprint density at radius 1 is 1.17 bits per heavy atom. The minimum atomic E-state index is -1.06. The van der Waals surface area contributed by atoms with Crippen LogP contribution in [0.4, 0.5) is 4.39 Å². The summed E-state index contributed by atoms with van der Waals surface area (Å²) in [7, 11) is 0.659. The Kier molecular flexibility index (Phi) is 5.96. The van der Waals surface area contributed by atoms with Gasteiger partial charge in [0.15, 0.2) is 0 Å². The van der Waals surface area contributed by atoms with Gasteiger partial charge in [0, 0.05) is 23.2 Å². The Balaban J connectivity index is 1.35. The third-order valence-corrected chi connectivity index (χ3v) is 7.34. The molecule has 152 valence electrons. The monoisotopic (exact) mass is 411 g/mol. The van der Waals surface area contributed by atoms with Crippen molar-refractivity contribution in [2.75, 3.05) is 0 Å². The topological polar surface area (TPSA) is 46.4 Å². The first kappa shape index (κ1) is 20.0. The molecule has 2 unspecified atom stereocenters. The number of aryl methyl sites for hydroxylation is 1. The summed E-state index contributed by atoms with van der Waals surface area (Å²) in [4.78, 5) is 16.8.